The highest BCUT2D eigenvalue weighted by Crippen LogP contribution is 2.24. The molecule has 2 aliphatic rings. The number of carbonyl (C=O) groups is 1. The molecule has 0 spiro atoms. The second-order valence-electron chi connectivity index (χ2n) is 5.44. The summed E-state index contributed by atoms with van der Waals surface area (Å²) in [5.74, 6) is 0.810. The van der Waals surface area contributed by atoms with E-state index in [-0.39, 0.29) is 11.9 Å². The lowest BCUT2D eigenvalue weighted by molar-refractivity contribution is -0.0344. The number of morpholine rings is 1. The zero-order chi connectivity index (χ0) is 13.9. The van der Waals surface area contributed by atoms with E-state index in [1.54, 1.807) is 0 Å². The van der Waals surface area contributed by atoms with Crippen LogP contribution in [0.25, 0.3) is 0 Å². The third kappa shape index (κ3) is 2.72. The quantitative estimate of drug-likeness (QED) is 0.789. The Bertz CT molecular complexity index is 488. The van der Waals surface area contributed by atoms with Crippen molar-refractivity contribution in [3.63, 3.8) is 0 Å². The van der Waals surface area contributed by atoms with Gasteiger partial charge in [0.05, 0.1) is 13.2 Å². The van der Waals surface area contributed by atoms with Gasteiger partial charge in [-0.1, -0.05) is 12.1 Å². The van der Waals surface area contributed by atoms with E-state index in [0.717, 1.165) is 18.8 Å². The van der Waals surface area contributed by atoms with Crippen molar-refractivity contribution in [2.24, 2.45) is 0 Å². The predicted molar refractivity (Wildman–Crippen MR) is 76.3 cm³/mol. The summed E-state index contributed by atoms with van der Waals surface area (Å²) in [7, 11) is 0. The van der Waals surface area contributed by atoms with Gasteiger partial charge >= 0.3 is 0 Å². The molecule has 2 atom stereocenters. The Morgan fingerprint density at radius 3 is 3.25 bits per heavy atom. The zero-order valence-corrected chi connectivity index (χ0v) is 11.9. The van der Waals surface area contributed by atoms with Crippen LogP contribution in [-0.2, 0) is 4.74 Å². The van der Waals surface area contributed by atoms with E-state index in [4.69, 9.17) is 9.47 Å². The van der Waals surface area contributed by atoms with E-state index in [0.29, 0.717) is 24.8 Å². The van der Waals surface area contributed by atoms with Crippen molar-refractivity contribution in [3.8, 4) is 5.75 Å². The Morgan fingerprint density at radius 2 is 2.40 bits per heavy atom. The van der Waals surface area contributed by atoms with Gasteiger partial charge in [0, 0.05) is 18.2 Å². The van der Waals surface area contributed by atoms with Gasteiger partial charge in [0.2, 0.25) is 0 Å². The van der Waals surface area contributed by atoms with Crippen LogP contribution in [0, 0.1) is 0 Å². The largest absolute Gasteiger partial charge is 0.494 e. The second kappa shape index (κ2) is 5.94. The second-order valence-corrected chi connectivity index (χ2v) is 5.44. The third-order valence-electron chi connectivity index (χ3n) is 4.11. The Labute approximate surface area is 119 Å². The summed E-state index contributed by atoms with van der Waals surface area (Å²) in [6, 6.07) is 7.90. The maximum absolute atomic E-state index is 12.5. The number of ether oxygens (including phenoxy) is 2. The first kappa shape index (κ1) is 13.6. The number of carbonyl (C=O) groups excluding carboxylic acids is 1. The molecule has 20 heavy (non-hydrogen) atoms. The molecule has 1 aromatic rings. The molecule has 0 bridgehead atoms. The fourth-order valence-corrected chi connectivity index (χ4v) is 3.07. The van der Waals surface area contributed by atoms with Crippen LogP contribution in [0.5, 0.6) is 5.75 Å². The smallest absolute Gasteiger partial charge is 0.193 e. The number of fused-ring (bicyclic) bond motifs is 1. The Balaban J connectivity index is 1.70. The topological polar surface area (TPSA) is 38.8 Å². The van der Waals surface area contributed by atoms with Crippen LogP contribution < -0.4 is 4.74 Å². The molecule has 108 valence electrons. The van der Waals surface area contributed by atoms with Gasteiger partial charge in [-0.2, -0.15) is 0 Å². The average molecular weight is 275 g/mol. The van der Waals surface area contributed by atoms with Crippen LogP contribution in [0.2, 0.25) is 0 Å². The average Bonchev–Trinajstić information content (AvgIpc) is 2.94. The molecule has 4 nitrogen and oxygen atoms in total. The highest BCUT2D eigenvalue weighted by Gasteiger charge is 2.35. The summed E-state index contributed by atoms with van der Waals surface area (Å²) in [6.07, 6.45) is 2.08. The maximum atomic E-state index is 12.5. The fourth-order valence-electron chi connectivity index (χ4n) is 3.07. The molecule has 0 aliphatic carbocycles. The number of hydrogen-bond acceptors (Lipinski definition) is 4. The lowest BCUT2D eigenvalue weighted by Crippen LogP contribution is -2.49. The first-order valence-electron chi connectivity index (χ1n) is 7.40. The molecule has 2 saturated heterocycles. The summed E-state index contributed by atoms with van der Waals surface area (Å²) >= 11 is 0. The Morgan fingerprint density at radius 1 is 1.50 bits per heavy atom. The van der Waals surface area contributed by atoms with E-state index in [1.807, 2.05) is 31.2 Å². The minimum Gasteiger partial charge on any atom is -0.494 e. The molecule has 0 aromatic heterocycles. The van der Waals surface area contributed by atoms with E-state index < -0.39 is 0 Å². The lowest BCUT2D eigenvalue weighted by atomic mass is 10.0. The zero-order valence-electron chi connectivity index (χ0n) is 11.9. The van der Waals surface area contributed by atoms with Gasteiger partial charge in [-0.3, -0.25) is 9.69 Å². The van der Waals surface area contributed by atoms with Crippen LogP contribution in [0.1, 0.15) is 30.1 Å². The highest BCUT2D eigenvalue weighted by molar-refractivity contribution is 6.00. The molecule has 1 aromatic carbocycles. The molecule has 2 heterocycles. The normalized spacial score (nSPS) is 26.2. The van der Waals surface area contributed by atoms with Gasteiger partial charge in [0.15, 0.2) is 5.78 Å². The van der Waals surface area contributed by atoms with Gasteiger partial charge < -0.3 is 9.47 Å². The van der Waals surface area contributed by atoms with Gasteiger partial charge in [0.1, 0.15) is 11.9 Å². The molecule has 2 fully saturated rings. The maximum Gasteiger partial charge on any atom is 0.193 e. The lowest BCUT2D eigenvalue weighted by Gasteiger charge is -2.34. The minimum absolute atomic E-state index is 0.0666. The molecule has 0 amide bonds. The minimum atomic E-state index is -0.332. The van der Waals surface area contributed by atoms with Crippen LogP contribution in [0.15, 0.2) is 24.3 Å². The van der Waals surface area contributed by atoms with E-state index >= 15 is 0 Å². The van der Waals surface area contributed by atoms with Crippen LogP contribution >= 0.6 is 0 Å². The number of Topliss-reactive ketones (excluding diaryl/α,β-unsaturated/α-hetero) is 1. The molecular weight excluding hydrogens is 254 g/mol. The number of ketones is 1. The first-order valence-corrected chi connectivity index (χ1v) is 7.40. The number of rotatable bonds is 4. The molecular formula is C16H21NO3. The standard InChI is InChI=1S/C16H21NO3/c1-2-19-14-7-3-5-12(9-14)16(18)15-10-17-8-4-6-13(17)11-20-15/h3,5,7,9,13,15H,2,4,6,8,10-11H2,1H3. The summed E-state index contributed by atoms with van der Waals surface area (Å²) in [5.41, 5.74) is 0.679. The van der Waals surface area contributed by atoms with Crippen LogP contribution in [0.3, 0.4) is 0 Å². The molecule has 0 N–H and O–H groups in total. The number of hydrogen-bond donors (Lipinski definition) is 0. The molecule has 0 saturated carbocycles. The molecule has 2 unspecified atom stereocenters. The summed E-state index contributed by atoms with van der Waals surface area (Å²) in [5, 5.41) is 0. The Kier molecular flexibility index (Phi) is 4.03. The molecule has 4 heteroatoms. The van der Waals surface area contributed by atoms with Gasteiger partial charge in [-0.15, -0.1) is 0 Å². The van der Waals surface area contributed by atoms with Crippen molar-refractivity contribution >= 4 is 5.78 Å². The first-order chi connectivity index (χ1) is 9.78. The van der Waals surface area contributed by atoms with Crippen LogP contribution in [0.4, 0.5) is 0 Å². The summed E-state index contributed by atoms with van der Waals surface area (Å²) in [4.78, 5) is 14.9. The van der Waals surface area contributed by atoms with Gasteiger partial charge in [-0.25, -0.2) is 0 Å². The fraction of sp³-hybridized carbons (Fsp3) is 0.562. The van der Waals surface area contributed by atoms with Crippen molar-refractivity contribution in [3.05, 3.63) is 29.8 Å². The van der Waals surface area contributed by atoms with E-state index in [2.05, 4.69) is 4.90 Å². The summed E-state index contributed by atoms with van der Waals surface area (Å²) < 4.78 is 11.2. The highest BCUT2D eigenvalue weighted by atomic mass is 16.5. The van der Waals surface area contributed by atoms with Crippen molar-refractivity contribution in [1.82, 2.24) is 4.90 Å². The third-order valence-corrected chi connectivity index (χ3v) is 4.11. The SMILES string of the molecule is CCOc1cccc(C(=O)C2CN3CCCC3CO2)c1. The monoisotopic (exact) mass is 275 g/mol. The molecule has 0 radical (unpaired) electrons. The van der Waals surface area contributed by atoms with Gasteiger partial charge in [0.25, 0.3) is 0 Å². The molecule has 2 aliphatic heterocycles. The van der Waals surface area contributed by atoms with Crippen molar-refractivity contribution in [2.45, 2.75) is 31.9 Å². The van der Waals surface area contributed by atoms with Crippen molar-refractivity contribution in [1.29, 1.82) is 0 Å². The molecule has 3 rings (SSSR count). The van der Waals surface area contributed by atoms with Crippen molar-refractivity contribution in [2.75, 3.05) is 26.3 Å². The van der Waals surface area contributed by atoms with Gasteiger partial charge in [-0.05, 0) is 38.4 Å². The number of nitrogens with zero attached hydrogens (tertiary/aromatic N) is 1. The van der Waals surface area contributed by atoms with Crippen LogP contribution in [-0.4, -0.2) is 49.1 Å². The summed E-state index contributed by atoms with van der Waals surface area (Å²) in [6.45, 7) is 5.04. The predicted octanol–water partition coefficient (Wildman–Crippen LogP) is 2.13. The van der Waals surface area contributed by atoms with Crippen molar-refractivity contribution < 1.29 is 14.3 Å². The number of benzene rings is 1. The van der Waals surface area contributed by atoms with E-state index in [9.17, 15) is 4.79 Å². The Hall–Kier alpha value is -1.39. The van der Waals surface area contributed by atoms with E-state index in [1.165, 1.54) is 12.8 Å².